The van der Waals surface area contributed by atoms with Gasteiger partial charge in [0.05, 0.1) is 18.5 Å². The van der Waals surface area contributed by atoms with Crippen molar-refractivity contribution in [3.8, 4) is 5.75 Å². The van der Waals surface area contributed by atoms with Gasteiger partial charge in [0.25, 0.3) is 0 Å². The summed E-state index contributed by atoms with van der Waals surface area (Å²) in [5.74, 6) is 1.24. The predicted octanol–water partition coefficient (Wildman–Crippen LogP) is 1.85. The lowest BCUT2D eigenvalue weighted by atomic mass is 10.2. The number of nitrogens with one attached hydrogen (secondary N) is 2. The number of benzene rings is 1. The Bertz CT molecular complexity index is 419. The normalized spacial score (nSPS) is 10.3. The molecule has 0 aliphatic heterocycles. The summed E-state index contributed by atoms with van der Waals surface area (Å²) < 4.78 is 5.13. The summed E-state index contributed by atoms with van der Waals surface area (Å²) in [5.41, 5.74) is 7.27. The molecule has 0 saturated heterocycles. The molecule has 0 saturated carbocycles. The topological polar surface area (TPSA) is 76.4 Å². The molecule has 1 amide bonds. The molecule has 1 aromatic carbocycles. The van der Waals surface area contributed by atoms with E-state index in [1.54, 1.807) is 19.2 Å². The zero-order valence-electron chi connectivity index (χ0n) is 11.8. The predicted molar refractivity (Wildman–Crippen MR) is 78.4 cm³/mol. The third-order valence-corrected chi connectivity index (χ3v) is 2.64. The summed E-state index contributed by atoms with van der Waals surface area (Å²) in [4.78, 5) is 11.5. The fraction of sp³-hybridized carbons (Fsp3) is 0.500. The third kappa shape index (κ3) is 5.50. The molecule has 5 heteroatoms. The molecular weight excluding hydrogens is 242 g/mol. The van der Waals surface area contributed by atoms with Gasteiger partial charge in [-0.15, -0.1) is 0 Å². The lowest BCUT2D eigenvalue weighted by Crippen LogP contribution is -2.28. The maximum absolute atomic E-state index is 11.5. The van der Waals surface area contributed by atoms with Crippen LogP contribution < -0.4 is 21.1 Å². The van der Waals surface area contributed by atoms with E-state index in [4.69, 9.17) is 10.5 Å². The minimum atomic E-state index is 0.0441. The van der Waals surface area contributed by atoms with Crippen molar-refractivity contribution >= 4 is 17.3 Å². The van der Waals surface area contributed by atoms with Crippen LogP contribution in [0.5, 0.6) is 5.75 Å². The Morgan fingerprint density at radius 1 is 1.42 bits per heavy atom. The summed E-state index contributed by atoms with van der Waals surface area (Å²) in [7, 11) is 1.61. The van der Waals surface area contributed by atoms with Gasteiger partial charge in [0.15, 0.2) is 0 Å². The van der Waals surface area contributed by atoms with E-state index in [2.05, 4.69) is 24.5 Å². The van der Waals surface area contributed by atoms with Gasteiger partial charge < -0.3 is 21.1 Å². The third-order valence-electron chi connectivity index (χ3n) is 2.64. The maximum Gasteiger partial charge on any atom is 0.221 e. The molecule has 0 atom stereocenters. The van der Waals surface area contributed by atoms with Gasteiger partial charge >= 0.3 is 0 Å². The first-order valence-electron chi connectivity index (χ1n) is 6.47. The van der Waals surface area contributed by atoms with E-state index in [0.717, 1.165) is 11.4 Å². The van der Waals surface area contributed by atoms with Gasteiger partial charge in [0.1, 0.15) is 5.75 Å². The van der Waals surface area contributed by atoms with Crippen LogP contribution in [0.3, 0.4) is 0 Å². The molecular formula is C14H23N3O2. The number of ether oxygens (including phenoxy) is 1. The average Bonchev–Trinajstić information content (AvgIpc) is 2.38. The quantitative estimate of drug-likeness (QED) is 0.658. The van der Waals surface area contributed by atoms with E-state index >= 15 is 0 Å². The van der Waals surface area contributed by atoms with Crippen molar-refractivity contribution in [3.05, 3.63) is 18.2 Å². The van der Waals surface area contributed by atoms with E-state index in [9.17, 15) is 4.79 Å². The van der Waals surface area contributed by atoms with Crippen molar-refractivity contribution < 1.29 is 9.53 Å². The number of amides is 1. The monoisotopic (exact) mass is 265 g/mol. The zero-order valence-corrected chi connectivity index (χ0v) is 11.8. The first kappa shape index (κ1) is 15.1. The van der Waals surface area contributed by atoms with Gasteiger partial charge in [-0.2, -0.15) is 0 Å². The molecule has 5 nitrogen and oxygen atoms in total. The van der Waals surface area contributed by atoms with E-state index < -0.39 is 0 Å². The Morgan fingerprint density at radius 2 is 2.16 bits per heavy atom. The van der Waals surface area contributed by atoms with Gasteiger partial charge in [0, 0.05) is 25.6 Å². The van der Waals surface area contributed by atoms with Gasteiger partial charge in [-0.1, -0.05) is 13.8 Å². The van der Waals surface area contributed by atoms with Gasteiger partial charge in [-0.3, -0.25) is 4.79 Å². The Kier molecular flexibility index (Phi) is 5.99. The summed E-state index contributed by atoms with van der Waals surface area (Å²) in [6.45, 7) is 5.38. The number of nitrogen functional groups attached to an aromatic ring is 1. The van der Waals surface area contributed by atoms with Crippen molar-refractivity contribution in [3.63, 3.8) is 0 Å². The molecule has 0 bridgehead atoms. The number of hydrogen-bond donors (Lipinski definition) is 3. The lowest BCUT2D eigenvalue weighted by Gasteiger charge is -2.11. The van der Waals surface area contributed by atoms with Crippen molar-refractivity contribution in [2.24, 2.45) is 5.92 Å². The van der Waals surface area contributed by atoms with Crippen LogP contribution in [0.2, 0.25) is 0 Å². The van der Waals surface area contributed by atoms with Crippen LogP contribution in [-0.2, 0) is 4.79 Å². The molecule has 19 heavy (non-hydrogen) atoms. The second kappa shape index (κ2) is 7.51. The molecule has 1 aromatic rings. The van der Waals surface area contributed by atoms with Crippen LogP contribution in [0.4, 0.5) is 11.4 Å². The Labute approximate surface area is 114 Å². The van der Waals surface area contributed by atoms with Crippen LogP contribution in [0.25, 0.3) is 0 Å². The molecule has 4 N–H and O–H groups in total. The molecule has 0 heterocycles. The van der Waals surface area contributed by atoms with Crippen LogP contribution in [0.15, 0.2) is 18.2 Å². The van der Waals surface area contributed by atoms with Crippen LogP contribution >= 0.6 is 0 Å². The molecule has 0 aliphatic rings. The highest BCUT2D eigenvalue weighted by atomic mass is 16.5. The number of carbonyl (C=O) groups excluding carboxylic acids is 1. The number of hydrogen-bond acceptors (Lipinski definition) is 4. The van der Waals surface area contributed by atoms with Crippen molar-refractivity contribution in [1.29, 1.82) is 0 Å². The molecule has 0 spiro atoms. The number of carbonyl (C=O) groups is 1. The van der Waals surface area contributed by atoms with Crippen molar-refractivity contribution in [1.82, 2.24) is 5.32 Å². The molecule has 0 fully saturated rings. The van der Waals surface area contributed by atoms with Gasteiger partial charge in [-0.05, 0) is 18.1 Å². The Balaban J connectivity index is 2.38. The lowest BCUT2D eigenvalue weighted by molar-refractivity contribution is -0.120. The highest BCUT2D eigenvalue weighted by Gasteiger charge is 2.04. The fourth-order valence-corrected chi connectivity index (χ4v) is 1.53. The second-order valence-electron chi connectivity index (χ2n) is 4.83. The Hall–Kier alpha value is -1.91. The van der Waals surface area contributed by atoms with E-state index in [0.29, 0.717) is 31.1 Å². The first-order valence-corrected chi connectivity index (χ1v) is 6.47. The summed E-state index contributed by atoms with van der Waals surface area (Å²) in [6, 6.07) is 5.40. The summed E-state index contributed by atoms with van der Waals surface area (Å²) >= 11 is 0. The second-order valence-corrected chi connectivity index (χ2v) is 4.83. The average molecular weight is 265 g/mol. The molecule has 106 valence electrons. The fourth-order valence-electron chi connectivity index (χ4n) is 1.53. The highest BCUT2D eigenvalue weighted by Crippen LogP contribution is 2.24. The zero-order chi connectivity index (χ0) is 14.3. The summed E-state index contributed by atoms with van der Waals surface area (Å²) in [6.07, 6.45) is 0.420. The Morgan fingerprint density at radius 3 is 2.79 bits per heavy atom. The minimum Gasteiger partial charge on any atom is -0.497 e. The molecule has 0 radical (unpaired) electrons. The highest BCUT2D eigenvalue weighted by molar-refractivity contribution is 5.77. The standard InChI is InChI=1S/C14H23N3O2/c1-10(2)9-17-14(18)6-7-16-13-8-11(19-3)4-5-12(13)15/h4-5,8,10,16H,6-7,9,15H2,1-3H3,(H,17,18). The van der Waals surface area contributed by atoms with E-state index in [1.807, 2.05) is 6.07 Å². The molecule has 0 aliphatic carbocycles. The van der Waals surface area contributed by atoms with E-state index in [-0.39, 0.29) is 5.91 Å². The summed E-state index contributed by atoms with van der Waals surface area (Å²) in [5, 5.41) is 6.01. The number of methoxy groups -OCH3 is 1. The van der Waals surface area contributed by atoms with E-state index in [1.165, 1.54) is 0 Å². The minimum absolute atomic E-state index is 0.0441. The maximum atomic E-state index is 11.5. The van der Waals surface area contributed by atoms with Crippen molar-refractivity contribution in [2.45, 2.75) is 20.3 Å². The van der Waals surface area contributed by atoms with Crippen LogP contribution in [0.1, 0.15) is 20.3 Å². The molecule has 1 rings (SSSR count). The molecule has 0 unspecified atom stereocenters. The largest absolute Gasteiger partial charge is 0.497 e. The first-order chi connectivity index (χ1) is 9.02. The smallest absolute Gasteiger partial charge is 0.221 e. The van der Waals surface area contributed by atoms with Gasteiger partial charge in [-0.25, -0.2) is 0 Å². The van der Waals surface area contributed by atoms with Crippen LogP contribution in [-0.4, -0.2) is 26.1 Å². The van der Waals surface area contributed by atoms with Crippen LogP contribution in [0, 0.1) is 5.92 Å². The number of anilines is 2. The number of rotatable bonds is 7. The SMILES string of the molecule is COc1ccc(N)c(NCCC(=O)NCC(C)C)c1. The van der Waals surface area contributed by atoms with Gasteiger partial charge in [0.2, 0.25) is 5.91 Å². The number of nitrogens with two attached hydrogens (primary N) is 1. The molecule has 0 aromatic heterocycles. The van der Waals surface area contributed by atoms with Crippen molar-refractivity contribution in [2.75, 3.05) is 31.2 Å².